The highest BCUT2D eigenvalue weighted by Crippen LogP contribution is 2.39. The minimum atomic E-state index is -0.512. The van der Waals surface area contributed by atoms with Crippen LogP contribution in [0.5, 0.6) is 11.5 Å². The second-order valence-corrected chi connectivity index (χ2v) is 8.47. The molecule has 0 amide bonds. The normalized spacial score (nSPS) is 15.0. The molecule has 4 rings (SSSR count). The van der Waals surface area contributed by atoms with Crippen molar-refractivity contribution in [2.75, 3.05) is 19.0 Å². The lowest BCUT2D eigenvalue weighted by Gasteiger charge is -2.28. The van der Waals surface area contributed by atoms with Crippen molar-refractivity contribution in [1.82, 2.24) is 14.8 Å². The van der Waals surface area contributed by atoms with Crippen LogP contribution in [0.1, 0.15) is 37.4 Å². The number of hydrogen-bond acceptors (Lipinski definition) is 7. The van der Waals surface area contributed by atoms with Gasteiger partial charge < -0.3 is 19.5 Å². The van der Waals surface area contributed by atoms with Crippen LogP contribution in [0.2, 0.25) is 0 Å². The van der Waals surface area contributed by atoms with Gasteiger partial charge in [-0.2, -0.15) is 10.1 Å². The summed E-state index contributed by atoms with van der Waals surface area (Å²) < 4.78 is 19.8. The fourth-order valence-electron chi connectivity index (χ4n) is 3.65. The third kappa shape index (κ3) is 4.88. The molecule has 8 nitrogen and oxygen atoms in total. The second-order valence-electron chi connectivity index (χ2n) is 7.56. The Hall–Kier alpha value is -3.33. The molecule has 1 N–H and O–H groups in total. The average Bonchev–Trinajstić information content (AvgIpc) is 3.29. The van der Waals surface area contributed by atoms with Crippen LogP contribution in [0.25, 0.3) is 0 Å². The van der Waals surface area contributed by atoms with E-state index in [0.29, 0.717) is 41.9 Å². The summed E-state index contributed by atoms with van der Waals surface area (Å²) in [4.78, 5) is 17.2. The SMILES string of the molecule is CCCOC(=O)C1=C(C)Nc2ncnn2C1c1ccc(OCc2ccc(Br)cc2)c(OC)c1. The number of methoxy groups -OCH3 is 1. The molecule has 1 aliphatic rings. The van der Waals surface area contributed by atoms with Crippen LogP contribution >= 0.6 is 15.9 Å². The summed E-state index contributed by atoms with van der Waals surface area (Å²) in [6.45, 7) is 4.54. The molecule has 2 aromatic carbocycles. The fraction of sp³-hybridized carbons (Fsp3) is 0.292. The molecule has 1 unspecified atom stereocenters. The van der Waals surface area contributed by atoms with Crippen molar-refractivity contribution in [3.8, 4) is 11.5 Å². The maximum Gasteiger partial charge on any atom is 0.338 e. The molecule has 0 bridgehead atoms. The van der Waals surface area contributed by atoms with Crippen molar-refractivity contribution in [2.45, 2.75) is 32.9 Å². The van der Waals surface area contributed by atoms with Gasteiger partial charge in [-0.05, 0) is 48.7 Å². The lowest BCUT2D eigenvalue weighted by atomic mass is 9.95. The van der Waals surface area contributed by atoms with Crippen molar-refractivity contribution in [3.63, 3.8) is 0 Å². The van der Waals surface area contributed by atoms with Crippen LogP contribution in [-0.4, -0.2) is 34.5 Å². The van der Waals surface area contributed by atoms with E-state index in [1.54, 1.807) is 11.8 Å². The molecule has 0 saturated heterocycles. The van der Waals surface area contributed by atoms with Crippen LogP contribution in [0, 0.1) is 0 Å². The minimum Gasteiger partial charge on any atom is -0.493 e. The molecule has 1 aliphatic heterocycles. The van der Waals surface area contributed by atoms with Gasteiger partial charge in [0.25, 0.3) is 0 Å². The van der Waals surface area contributed by atoms with Crippen molar-refractivity contribution >= 4 is 27.8 Å². The number of benzene rings is 2. The summed E-state index contributed by atoms with van der Waals surface area (Å²) in [7, 11) is 1.59. The molecule has 172 valence electrons. The zero-order chi connectivity index (χ0) is 23.4. The van der Waals surface area contributed by atoms with Gasteiger partial charge in [-0.25, -0.2) is 9.48 Å². The van der Waals surface area contributed by atoms with Crippen molar-refractivity contribution in [2.24, 2.45) is 0 Å². The third-order valence-electron chi connectivity index (χ3n) is 5.26. The summed E-state index contributed by atoms with van der Waals surface area (Å²) in [5.41, 5.74) is 3.00. The number of ether oxygens (including phenoxy) is 3. The van der Waals surface area contributed by atoms with Gasteiger partial charge in [0, 0.05) is 10.2 Å². The van der Waals surface area contributed by atoms with E-state index in [1.165, 1.54) is 6.33 Å². The number of carbonyl (C=O) groups excluding carboxylic acids is 1. The Bertz CT molecular complexity index is 1170. The van der Waals surface area contributed by atoms with Gasteiger partial charge in [0.2, 0.25) is 5.95 Å². The third-order valence-corrected chi connectivity index (χ3v) is 5.79. The van der Waals surface area contributed by atoms with Crippen LogP contribution in [0.3, 0.4) is 0 Å². The summed E-state index contributed by atoms with van der Waals surface area (Å²) in [6, 6.07) is 13.0. The number of esters is 1. The molecule has 0 aliphatic carbocycles. The lowest BCUT2D eigenvalue weighted by Crippen LogP contribution is -2.29. The molecule has 1 aromatic heterocycles. The molecule has 0 radical (unpaired) electrons. The standard InChI is InChI=1S/C24H25BrN4O4/c1-4-11-32-23(30)21-15(2)28-24-26-14-27-29(24)22(21)17-7-10-19(20(12-17)31-3)33-13-16-5-8-18(25)9-6-16/h5-10,12,14,22H,4,11,13H2,1-3H3,(H,26,27,28). The highest BCUT2D eigenvalue weighted by molar-refractivity contribution is 9.10. The predicted molar refractivity (Wildman–Crippen MR) is 127 cm³/mol. The Morgan fingerprint density at radius 2 is 1.97 bits per heavy atom. The summed E-state index contributed by atoms with van der Waals surface area (Å²) in [5, 5.41) is 7.49. The van der Waals surface area contributed by atoms with Crippen LogP contribution < -0.4 is 14.8 Å². The molecule has 0 saturated carbocycles. The Balaban J connectivity index is 1.66. The van der Waals surface area contributed by atoms with Crippen molar-refractivity contribution in [1.29, 1.82) is 0 Å². The summed E-state index contributed by atoms with van der Waals surface area (Å²) in [5.74, 6) is 1.33. The number of nitrogens with one attached hydrogen (secondary N) is 1. The van der Waals surface area contributed by atoms with Gasteiger partial charge in [-0.3, -0.25) is 0 Å². The minimum absolute atomic E-state index is 0.346. The largest absolute Gasteiger partial charge is 0.493 e. The number of allylic oxidation sites excluding steroid dienone is 1. The van der Waals surface area contributed by atoms with Gasteiger partial charge in [0.15, 0.2) is 11.5 Å². The Labute approximate surface area is 200 Å². The number of halogens is 1. The molecule has 33 heavy (non-hydrogen) atoms. The first-order valence-electron chi connectivity index (χ1n) is 10.6. The summed E-state index contributed by atoms with van der Waals surface area (Å²) in [6.07, 6.45) is 2.19. The number of anilines is 1. The van der Waals surface area contributed by atoms with E-state index in [-0.39, 0.29) is 5.97 Å². The topological polar surface area (TPSA) is 87.5 Å². The summed E-state index contributed by atoms with van der Waals surface area (Å²) >= 11 is 3.44. The van der Waals surface area contributed by atoms with E-state index in [0.717, 1.165) is 22.0 Å². The van der Waals surface area contributed by atoms with Gasteiger partial charge in [0.05, 0.1) is 19.3 Å². The molecular weight excluding hydrogens is 488 g/mol. The number of aromatic nitrogens is 3. The van der Waals surface area contributed by atoms with Gasteiger partial charge in [0.1, 0.15) is 19.0 Å². The maximum atomic E-state index is 12.9. The first-order valence-corrected chi connectivity index (χ1v) is 11.4. The number of rotatable bonds is 8. The van der Waals surface area contributed by atoms with E-state index >= 15 is 0 Å². The Morgan fingerprint density at radius 1 is 1.18 bits per heavy atom. The van der Waals surface area contributed by atoms with E-state index in [2.05, 4.69) is 31.3 Å². The highest BCUT2D eigenvalue weighted by atomic mass is 79.9. The van der Waals surface area contributed by atoms with Gasteiger partial charge >= 0.3 is 5.97 Å². The maximum absolute atomic E-state index is 12.9. The zero-order valence-corrected chi connectivity index (χ0v) is 20.3. The lowest BCUT2D eigenvalue weighted by molar-refractivity contribution is -0.139. The molecular formula is C24H25BrN4O4. The Morgan fingerprint density at radius 3 is 2.70 bits per heavy atom. The smallest absolute Gasteiger partial charge is 0.338 e. The van der Waals surface area contributed by atoms with Crippen molar-refractivity contribution in [3.05, 3.63) is 75.7 Å². The Kier molecular flexibility index (Phi) is 6.98. The molecule has 0 spiro atoms. The van der Waals surface area contributed by atoms with Gasteiger partial charge in [-0.1, -0.05) is 41.1 Å². The molecule has 2 heterocycles. The average molecular weight is 513 g/mol. The monoisotopic (exact) mass is 512 g/mol. The highest BCUT2D eigenvalue weighted by Gasteiger charge is 2.34. The van der Waals surface area contributed by atoms with Crippen molar-refractivity contribution < 1.29 is 19.0 Å². The molecule has 0 fully saturated rings. The van der Waals surface area contributed by atoms with Crippen LogP contribution in [-0.2, 0) is 16.1 Å². The number of fused-ring (bicyclic) bond motifs is 1. The molecule has 9 heteroatoms. The van der Waals surface area contributed by atoms with Gasteiger partial charge in [-0.15, -0.1) is 0 Å². The quantitative estimate of drug-likeness (QED) is 0.430. The number of hydrogen-bond donors (Lipinski definition) is 1. The second kappa shape index (κ2) is 10.1. The van der Waals surface area contributed by atoms with Crippen LogP contribution in [0.4, 0.5) is 5.95 Å². The fourth-order valence-corrected chi connectivity index (χ4v) is 3.92. The zero-order valence-electron chi connectivity index (χ0n) is 18.7. The first-order chi connectivity index (χ1) is 16.0. The first kappa shape index (κ1) is 22.8. The number of carbonyl (C=O) groups is 1. The number of nitrogens with zero attached hydrogens (tertiary/aromatic N) is 3. The molecule has 3 aromatic rings. The van der Waals surface area contributed by atoms with Crippen LogP contribution in [0.15, 0.2) is 64.5 Å². The predicted octanol–water partition coefficient (Wildman–Crippen LogP) is 4.87. The van der Waals surface area contributed by atoms with E-state index in [4.69, 9.17) is 14.2 Å². The van der Waals surface area contributed by atoms with E-state index in [9.17, 15) is 4.79 Å². The van der Waals surface area contributed by atoms with E-state index in [1.807, 2.05) is 56.3 Å². The van der Waals surface area contributed by atoms with E-state index < -0.39 is 6.04 Å². The molecule has 1 atom stereocenters.